The van der Waals surface area contributed by atoms with Crippen LogP contribution in [0.4, 0.5) is 10.1 Å². The average Bonchev–Trinajstić information content (AvgIpc) is 3.08. The largest absolute Gasteiger partial charge is 0.327 e. The SMILES string of the molecule is O=C(Nc1ccc(F)c(Cl)c1)[C@@H]1CCCN1C(=O)c1ccccc1. The van der Waals surface area contributed by atoms with E-state index in [2.05, 4.69) is 5.32 Å². The van der Waals surface area contributed by atoms with E-state index in [1.54, 1.807) is 29.2 Å². The molecule has 2 aromatic carbocycles. The van der Waals surface area contributed by atoms with Crippen molar-refractivity contribution in [3.63, 3.8) is 0 Å². The van der Waals surface area contributed by atoms with Crippen molar-refractivity contribution in [2.75, 3.05) is 11.9 Å². The van der Waals surface area contributed by atoms with Crippen LogP contribution in [0.1, 0.15) is 23.2 Å². The van der Waals surface area contributed by atoms with Crippen LogP contribution in [0.25, 0.3) is 0 Å². The fourth-order valence-corrected chi connectivity index (χ4v) is 3.01. The molecule has 1 aliphatic rings. The zero-order valence-corrected chi connectivity index (χ0v) is 13.6. The van der Waals surface area contributed by atoms with Crippen LogP contribution in [0.2, 0.25) is 5.02 Å². The molecule has 1 fully saturated rings. The van der Waals surface area contributed by atoms with Crippen molar-refractivity contribution in [1.82, 2.24) is 4.90 Å². The van der Waals surface area contributed by atoms with Crippen molar-refractivity contribution in [3.05, 3.63) is 64.9 Å². The summed E-state index contributed by atoms with van der Waals surface area (Å²) in [4.78, 5) is 26.7. The summed E-state index contributed by atoms with van der Waals surface area (Å²) in [5.74, 6) is -0.999. The molecule has 2 aromatic rings. The van der Waals surface area contributed by atoms with E-state index in [1.807, 2.05) is 6.07 Å². The summed E-state index contributed by atoms with van der Waals surface area (Å²) < 4.78 is 13.2. The van der Waals surface area contributed by atoms with Gasteiger partial charge < -0.3 is 10.2 Å². The van der Waals surface area contributed by atoms with Gasteiger partial charge in [0.2, 0.25) is 5.91 Å². The van der Waals surface area contributed by atoms with Gasteiger partial charge in [0.25, 0.3) is 5.91 Å². The number of amides is 2. The monoisotopic (exact) mass is 346 g/mol. The quantitative estimate of drug-likeness (QED) is 0.920. The molecule has 3 rings (SSSR count). The molecule has 0 saturated carbocycles. The van der Waals surface area contributed by atoms with Gasteiger partial charge in [-0.1, -0.05) is 29.8 Å². The highest BCUT2D eigenvalue weighted by atomic mass is 35.5. The Morgan fingerprint density at radius 2 is 1.92 bits per heavy atom. The number of rotatable bonds is 3. The molecular weight excluding hydrogens is 331 g/mol. The highest BCUT2D eigenvalue weighted by Gasteiger charge is 2.34. The van der Waals surface area contributed by atoms with Crippen molar-refractivity contribution in [2.24, 2.45) is 0 Å². The van der Waals surface area contributed by atoms with Crippen LogP contribution in [-0.2, 0) is 4.79 Å². The first-order valence-electron chi connectivity index (χ1n) is 7.68. The minimum absolute atomic E-state index is 0.0589. The van der Waals surface area contributed by atoms with Crippen molar-refractivity contribution in [3.8, 4) is 0 Å². The minimum atomic E-state index is -0.545. The fraction of sp³-hybridized carbons (Fsp3) is 0.222. The van der Waals surface area contributed by atoms with Gasteiger partial charge in [0.05, 0.1) is 5.02 Å². The molecule has 0 bridgehead atoms. The molecule has 1 aliphatic heterocycles. The smallest absolute Gasteiger partial charge is 0.254 e. The van der Waals surface area contributed by atoms with Gasteiger partial charge in [-0.3, -0.25) is 9.59 Å². The Labute approximate surface area is 144 Å². The van der Waals surface area contributed by atoms with E-state index in [0.29, 0.717) is 24.2 Å². The lowest BCUT2D eigenvalue weighted by atomic mass is 10.1. The van der Waals surface area contributed by atoms with E-state index in [0.717, 1.165) is 6.42 Å². The first-order valence-corrected chi connectivity index (χ1v) is 8.06. The molecule has 1 saturated heterocycles. The van der Waals surface area contributed by atoms with Crippen LogP contribution in [0, 0.1) is 5.82 Å². The predicted molar refractivity (Wildman–Crippen MR) is 90.5 cm³/mol. The van der Waals surface area contributed by atoms with E-state index in [1.165, 1.54) is 18.2 Å². The topological polar surface area (TPSA) is 49.4 Å². The summed E-state index contributed by atoms with van der Waals surface area (Å²) in [6, 6.07) is 12.3. The molecule has 6 heteroatoms. The zero-order valence-electron chi connectivity index (χ0n) is 12.8. The Kier molecular flexibility index (Phi) is 4.81. The normalized spacial score (nSPS) is 16.9. The van der Waals surface area contributed by atoms with E-state index in [9.17, 15) is 14.0 Å². The molecule has 0 aromatic heterocycles. The summed E-state index contributed by atoms with van der Waals surface area (Å²) in [5, 5.41) is 2.65. The number of hydrogen-bond acceptors (Lipinski definition) is 2. The molecule has 124 valence electrons. The first-order chi connectivity index (χ1) is 11.6. The average molecular weight is 347 g/mol. The number of anilines is 1. The molecule has 4 nitrogen and oxygen atoms in total. The van der Waals surface area contributed by atoms with Crippen molar-refractivity contribution in [2.45, 2.75) is 18.9 Å². The molecule has 1 atom stereocenters. The van der Waals surface area contributed by atoms with Gasteiger partial charge in [0.1, 0.15) is 11.9 Å². The summed E-state index contributed by atoms with van der Waals surface area (Å²) >= 11 is 5.73. The lowest BCUT2D eigenvalue weighted by Crippen LogP contribution is -2.43. The fourth-order valence-electron chi connectivity index (χ4n) is 2.83. The third-order valence-corrected chi connectivity index (χ3v) is 4.31. The van der Waals surface area contributed by atoms with Gasteiger partial charge in [0.15, 0.2) is 0 Å². The van der Waals surface area contributed by atoms with Crippen molar-refractivity contribution >= 4 is 29.1 Å². The lowest BCUT2D eigenvalue weighted by Gasteiger charge is -2.24. The van der Waals surface area contributed by atoms with Gasteiger partial charge in [-0.15, -0.1) is 0 Å². The second kappa shape index (κ2) is 7.01. The summed E-state index contributed by atoms with van der Waals surface area (Å²) in [6.45, 7) is 0.538. The molecule has 2 amide bonds. The standard InChI is InChI=1S/C18H16ClFN2O2/c19-14-11-13(8-9-15(14)20)21-17(23)16-7-4-10-22(16)18(24)12-5-2-1-3-6-12/h1-3,5-6,8-9,11,16H,4,7,10H2,(H,21,23)/t16-/m0/s1. The van der Waals surface area contributed by atoms with Crippen LogP contribution in [0.15, 0.2) is 48.5 Å². The number of carbonyl (C=O) groups is 2. The molecule has 1 heterocycles. The number of likely N-dealkylation sites (tertiary alicyclic amines) is 1. The Bertz CT molecular complexity index is 767. The Morgan fingerprint density at radius 3 is 2.62 bits per heavy atom. The maximum atomic E-state index is 13.2. The number of nitrogens with one attached hydrogen (secondary N) is 1. The molecule has 0 radical (unpaired) electrons. The van der Waals surface area contributed by atoms with Gasteiger partial charge in [-0.2, -0.15) is 0 Å². The Morgan fingerprint density at radius 1 is 1.17 bits per heavy atom. The Hall–Kier alpha value is -2.40. The van der Waals surface area contributed by atoms with Gasteiger partial charge >= 0.3 is 0 Å². The number of halogens is 2. The molecule has 0 spiro atoms. The number of hydrogen-bond donors (Lipinski definition) is 1. The first kappa shape index (κ1) is 16.5. The van der Waals surface area contributed by atoms with Crippen LogP contribution in [0.5, 0.6) is 0 Å². The van der Waals surface area contributed by atoms with Crippen molar-refractivity contribution in [1.29, 1.82) is 0 Å². The van der Waals surface area contributed by atoms with Crippen molar-refractivity contribution < 1.29 is 14.0 Å². The molecular formula is C18H16ClFN2O2. The molecule has 0 aliphatic carbocycles. The van der Waals surface area contributed by atoms with Crippen LogP contribution in [0.3, 0.4) is 0 Å². The third kappa shape index (κ3) is 3.41. The van der Waals surface area contributed by atoms with E-state index >= 15 is 0 Å². The number of carbonyl (C=O) groups excluding carboxylic acids is 2. The summed E-state index contributed by atoms with van der Waals surface area (Å²) in [7, 11) is 0. The van der Waals surface area contributed by atoms with Gasteiger partial charge in [-0.05, 0) is 43.2 Å². The number of nitrogens with zero attached hydrogens (tertiary/aromatic N) is 1. The highest BCUT2D eigenvalue weighted by Crippen LogP contribution is 2.23. The molecule has 0 unspecified atom stereocenters. The second-order valence-electron chi connectivity index (χ2n) is 5.64. The summed E-state index contributed by atoms with van der Waals surface area (Å²) in [5.41, 5.74) is 0.965. The lowest BCUT2D eigenvalue weighted by molar-refractivity contribution is -0.119. The van der Waals surface area contributed by atoms with E-state index < -0.39 is 11.9 Å². The third-order valence-electron chi connectivity index (χ3n) is 4.02. The second-order valence-corrected chi connectivity index (χ2v) is 6.05. The van der Waals surface area contributed by atoms with Crippen LogP contribution >= 0.6 is 11.6 Å². The summed E-state index contributed by atoms with van der Waals surface area (Å²) in [6.07, 6.45) is 1.36. The van der Waals surface area contributed by atoms with Gasteiger partial charge in [-0.25, -0.2) is 4.39 Å². The number of benzene rings is 2. The molecule has 24 heavy (non-hydrogen) atoms. The van der Waals surface area contributed by atoms with E-state index in [-0.39, 0.29) is 16.8 Å². The Balaban J connectivity index is 1.74. The highest BCUT2D eigenvalue weighted by molar-refractivity contribution is 6.31. The van der Waals surface area contributed by atoms with Crippen LogP contribution < -0.4 is 5.32 Å². The predicted octanol–water partition coefficient (Wildman–Crippen LogP) is 3.72. The minimum Gasteiger partial charge on any atom is -0.327 e. The van der Waals surface area contributed by atoms with Crippen LogP contribution in [-0.4, -0.2) is 29.3 Å². The maximum absolute atomic E-state index is 13.2. The molecule has 1 N–H and O–H groups in total. The maximum Gasteiger partial charge on any atom is 0.254 e. The zero-order chi connectivity index (χ0) is 17.1. The van der Waals surface area contributed by atoms with Gasteiger partial charge in [0, 0.05) is 17.8 Å². The van der Waals surface area contributed by atoms with E-state index in [4.69, 9.17) is 11.6 Å².